The Bertz CT molecular complexity index is 273. The van der Waals surface area contributed by atoms with Crippen LogP contribution < -0.4 is 0 Å². The van der Waals surface area contributed by atoms with Crippen molar-refractivity contribution < 1.29 is 5.11 Å². The van der Waals surface area contributed by atoms with Gasteiger partial charge in [0.15, 0.2) is 0 Å². The molecule has 0 saturated heterocycles. The first-order valence-electron chi connectivity index (χ1n) is 5.15. The van der Waals surface area contributed by atoms with Gasteiger partial charge in [-0.25, -0.2) is 0 Å². The maximum absolute atomic E-state index is 9.36. The molecule has 1 rings (SSSR count). The minimum atomic E-state index is -0.144. The molecule has 2 heteroatoms. The first-order valence-corrected chi connectivity index (χ1v) is 5.52. The van der Waals surface area contributed by atoms with Crippen LogP contribution in [0.15, 0.2) is 24.3 Å². The number of halogens is 1. The molecule has 1 aromatic carbocycles. The Morgan fingerprint density at radius 2 is 2.21 bits per heavy atom. The summed E-state index contributed by atoms with van der Waals surface area (Å²) in [4.78, 5) is 0. The van der Waals surface area contributed by atoms with E-state index in [9.17, 15) is 5.11 Å². The van der Waals surface area contributed by atoms with E-state index in [-0.39, 0.29) is 6.10 Å². The van der Waals surface area contributed by atoms with Gasteiger partial charge in [-0.2, -0.15) is 0 Å². The summed E-state index contributed by atoms with van der Waals surface area (Å²) in [5, 5.41) is 10.2. The van der Waals surface area contributed by atoms with Crippen molar-refractivity contribution in [2.45, 2.75) is 38.7 Å². The van der Waals surface area contributed by atoms with Crippen LogP contribution in [-0.4, -0.2) is 11.2 Å². The van der Waals surface area contributed by atoms with Crippen LogP contribution >= 0.6 is 11.6 Å². The van der Waals surface area contributed by atoms with Crippen LogP contribution in [0.2, 0.25) is 5.02 Å². The maximum atomic E-state index is 9.36. The lowest BCUT2D eigenvalue weighted by atomic mass is 10.1. The van der Waals surface area contributed by atoms with E-state index in [1.165, 1.54) is 5.56 Å². The molecule has 0 aliphatic rings. The number of benzene rings is 1. The van der Waals surface area contributed by atoms with E-state index < -0.39 is 0 Å². The second kappa shape index (κ2) is 6.05. The summed E-state index contributed by atoms with van der Waals surface area (Å²) in [5.41, 5.74) is 1.25. The summed E-state index contributed by atoms with van der Waals surface area (Å²) >= 11 is 5.86. The molecule has 0 aliphatic heterocycles. The van der Waals surface area contributed by atoms with Gasteiger partial charge in [0.25, 0.3) is 0 Å². The highest BCUT2D eigenvalue weighted by atomic mass is 35.5. The average Bonchev–Trinajstić information content (AvgIpc) is 2.17. The summed E-state index contributed by atoms with van der Waals surface area (Å²) in [5.74, 6) is 0. The van der Waals surface area contributed by atoms with Crippen LogP contribution in [0.3, 0.4) is 0 Å². The molecule has 1 unspecified atom stereocenters. The lowest BCUT2D eigenvalue weighted by molar-refractivity contribution is 0.158. The Kier molecular flexibility index (Phi) is 4.99. The van der Waals surface area contributed by atoms with Gasteiger partial charge in [0, 0.05) is 5.02 Å². The summed E-state index contributed by atoms with van der Waals surface area (Å²) in [7, 11) is 0. The van der Waals surface area contributed by atoms with Gasteiger partial charge < -0.3 is 5.11 Å². The fourth-order valence-corrected chi connectivity index (χ4v) is 1.65. The van der Waals surface area contributed by atoms with Crippen LogP contribution in [-0.2, 0) is 6.42 Å². The van der Waals surface area contributed by atoms with E-state index in [1.54, 1.807) is 0 Å². The van der Waals surface area contributed by atoms with E-state index in [1.807, 2.05) is 25.1 Å². The summed E-state index contributed by atoms with van der Waals surface area (Å²) in [6, 6.07) is 7.91. The van der Waals surface area contributed by atoms with Crippen LogP contribution in [0.25, 0.3) is 0 Å². The van der Waals surface area contributed by atoms with E-state index >= 15 is 0 Å². The third-order valence-electron chi connectivity index (χ3n) is 2.36. The zero-order chi connectivity index (χ0) is 10.4. The van der Waals surface area contributed by atoms with Crippen molar-refractivity contribution in [1.29, 1.82) is 0 Å². The third-order valence-corrected chi connectivity index (χ3v) is 2.60. The molecule has 0 amide bonds. The molecule has 1 nitrogen and oxygen atoms in total. The quantitative estimate of drug-likeness (QED) is 0.793. The number of rotatable bonds is 5. The lowest BCUT2D eigenvalue weighted by Crippen LogP contribution is -2.04. The average molecular weight is 213 g/mol. The summed E-state index contributed by atoms with van der Waals surface area (Å²) in [6.45, 7) is 2.00. The molecule has 0 aliphatic carbocycles. The van der Waals surface area contributed by atoms with Gasteiger partial charge in [0.05, 0.1) is 6.10 Å². The molecule has 0 heterocycles. The number of aliphatic hydroxyl groups is 1. The molecule has 1 N–H and O–H groups in total. The van der Waals surface area contributed by atoms with Crippen molar-refractivity contribution >= 4 is 11.6 Å². The number of hydrogen-bond donors (Lipinski definition) is 1. The second-order valence-electron chi connectivity index (χ2n) is 3.58. The van der Waals surface area contributed by atoms with Gasteiger partial charge >= 0.3 is 0 Å². The van der Waals surface area contributed by atoms with Gasteiger partial charge in [-0.05, 0) is 43.4 Å². The smallest absolute Gasteiger partial charge is 0.0537 e. The fourth-order valence-electron chi connectivity index (χ4n) is 1.44. The Morgan fingerprint density at radius 1 is 1.43 bits per heavy atom. The molecule has 0 spiro atoms. The predicted octanol–water partition coefficient (Wildman–Crippen LogP) is 3.43. The van der Waals surface area contributed by atoms with Crippen LogP contribution in [0, 0.1) is 0 Å². The highest BCUT2D eigenvalue weighted by Gasteiger charge is 2.00. The molecule has 14 heavy (non-hydrogen) atoms. The Balaban J connectivity index is 2.31. The predicted molar refractivity (Wildman–Crippen MR) is 60.7 cm³/mol. The SMILES string of the molecule is CCC(O)CCCc1cccc(Cl)c1. The largest absolute Gasteiger partial charge is 0.393 e. The molecular weight excluding hydrogens is 196 g/mol. The monoisotopic (exact) mass is 212 g/mol. The fraction of sp³-hybridized carbons (Fsp3) is 0.500. The third kappa shape index (κ3) is 4.12. The van der Waals surface area contributed by atoms with Crippen LogP contribution in [0.1, 0.15) is 31.7 Å². The molecule has 0 radical (unpaired) electrons. The summed E-state index contributed by atoms with van der Waals surface area (Å²) < 4.78 is 0. The van der Waals surface area contributed by atoms with E-state index in [0.29, 0.717) is 0 Å². The lowest BCUT2D eigenvalue weighted by Gasteiger charge is -2.06. The minimum absolute atomic E-state index is 0.144. The summed E-state index contributed by atoms with van der Waals surface area (Å²) in [6.07, 6.45) is 3.60. The Morgan fingerprint density at radius 3 is 2.86 bits per heavy atom. The standard InChI is InChI=1S/C12H17ClO/c1-2-12(14)8-4-6-10-5-3-7-11(13)9-10/h3,5,7,9,12,14H,2,4,6,8H2,1H3. The molecule has 0 saturated carbocycles. The van der Waals surface area contributed by atoms with Crippen LogP contribution in [0.5, 0.6) is 0 Å². The van der Waals surface area contributed by atoms with Crippen molar-refractivity contribution in [3.63, 3.8) is 0 Å². The van der Waals surface area contributed by atoms with Crippen molar-refractivity contribution in [2.75, 3.05) is 0 Å². The molecule has 1 aromatic rings. The van der Waals surface area contributed by atoms with E-state index in [0.717, 1.165) is 30.7 Å². The number of hydrogen-bond acceptors (Lipinski definition) is 1. The van der Waals surface area contributed by atoms with Crippen molar-refractivity contribution in [2.24, 2.45) is 0 Å². The van der Waals surface area contributed by atoms with E-state index in [4.69, 9.17) is 11.6 Å². The molecule has 0 aromatic heterocycles. The van der Waals surface area contributed by atoms with Crippen molar-refractivity contribution in [3.05, 3.63) is 34.9 Å². The molecule has 0 bridgehead atoms. The minimum Gasteiger partial charge on any atom is -0.393 e. The van der Waals surface area contributed by atoms with Gasteiger partial charge in [0.1, 0.15) is 0 Å². The molecule has 0 fully saturated rings. The van der Waals surface area contributed by atoms with Crippen molar-refractivity contribution in [3.8, 4) is 0 Å². The highest BCUT2D eigenvalue weighted by molar-refractivity contribution is 6.30. The van der Waals surface area contributed by atoms with Crippen molar-refractivity contribution in [1.82, 2.24) is 0 Å². The molecule has 1 atom stereocenters. The maximum Gasteiger partial charge on any atom is 0.0537 e. The second-order valence-corrected chi connectivity index (χ2v) is 4.02. The van der Waals surface area contributed by atoms with Crippen LogP contribution in [0.4, 0.5) is 0 Å². The molecule has 78 valence electrons. The topological polar surface area (TPSA) is 20.2 Å². The van der Waals surface area contributed by atoms with E-state index in [2.05, 4.69) is 6.07 Å². The number of aryl methyl sites for hydroxylation is 1. The Labute approximate surface area is 90.7 Å². The Hall–Kier alpha value is -0.530. The molecular formula is C12H17ClO. The zero-order valence-corrected chi connectivity index (χ0v) is 9.30. The first kappa shape index (κ1) is 11.5. The highest BCUT2D eigenvalue weighted by Crippen LogP contribution is 2.13. The zero-order valence-electron chi connectivity index (χ0n) is 8.54. The number of aliphatic hydroxyl groups excluding tert-OH is 1. The van der Waals surface area contributed by atoms with Gasteiger partial charge in [-0.1, -0.05) is 30.7 Å². The van der Waals surface area contributed by atoms with Gasteiger partial charge in [-0.3, -0.25) is 0 Å². The first-order chi connectivity index (χ1) is 6.72. The normalized spacial score (nSPS) is 12.8. The van der Waals surface area contributed by atoms with Gasteiger partial charge in [0.2, 0.25) is 0 Å². The van der Waals surface area contributed by atoms with Gasteiger partial charge in [-0.15, -0.1) is 0 Å².